The SMILES string of the molecule is CCSc1ccc(CNc2ccccn2)o1. The van der Waals surface area contributed by atoms with Crippen molar-refractivity contribution >= 4 is 17.6 Å². The third-order valence-corrected chi connectivity index (χ3v) is 2.82. The summed E-state index contributed by atoms with van der Waals surface area (Å²) in [5, 5.41) is 4.17. The maximum Gasteiger partial charge on any atom is 0.160 e. The highest BCUT2D eigenvalue weighted by Gasteiger charge is 2.01. The first-order chi connectivity index (χ1) is 7.88. The number of aromatic nitrogens is 1. The maximum absolute atomic E-state index is 5.62. The average molecular weight is 234 g/mol. The number of nitrogens with zero attached hydrogens (tertiary/aromatic N) is 1. The molecule has 2 aromatic heterocycles. The average Bonchev–Trinajstić information content (AvgIpc) is 2.76. The van der Waals surface area contributed by atoms with Gasteiger partial charge >= 0.3 is 0 Å². The second-order valence-corrected chi connectivity index (χ2v) is 4.49. The first-order valence-corrected chi connectivity index (χ1v) is 6.23. The van der Waals surface area contributed by atoms with E-state index >= 15 is 0 Å². The van der Waals surface area contributed by atoms with Gasteiger partial charge < -0.3 is 9.73 Å². The molecule has 0 aliphatic heterocycles. The molecule has 3 nitrogen and oxygen atoms in total. The maximum atomic E-state index is 5.62. The fourth-order valence-corrected chi connectivity index (χ4v) is 1.93. The second kappa shape index (κ2) is 5.61. The molecule has 2 heterocycles. The first kappa shape index (κ1) is 11.1. The zero-order chi connectivity index (χ0) is 11.2. The van der Waals surface area contributed by atoms with Crippen LogP contribution in [0.2, 0.25) is 0 Å². The van der Waals surface area contributed by atoms with Crippen molar-refractivity contribution < 1.29 is 4.42 Å². The highest BCUT2D eigenvalue weighted by atomic mass is 32.2. The smallest absolute Gasteiger partial charge is 0.160 e. The summed E-state index contributed by atoms with van der Waals surface area (Å²) >= 11 is 1.71. The van der Waals surface area contributed by atoms with Gasteiger partial charge in [-0.1, -0.05) is 24.8 Å². The molecule has 0 bridgehead atoms. The van der Waals surface area contributed by atoms with Gasteiger partial charge in [0.05, 0.1) is 6.54 Å². The molecule has 0 amide bonds. The summed E-state index contributed by atoms with van der Waals surface area (Å²) < 4.78 is 5.62. The number of thioether (sulfide) groups is 1. The summed E-state index contributed by atoms with van der Waals surface area (Å²) in [5.41, 5.74) is 0. The van der Waals surface area contributed by atoms with Gasteiger partial charge in [-0.15, -0.1) is 0 Å². The van der Waals surface area contributed by atoms with Crippen LogP contribution >= 0.6 is 11.8 Å². The minimum absolute atomic E-state index is 0.668. The quantitative estimate of drug-likeness (QED) is 0.805. The Bertz CT molecular complexity index is 428. The summed E-state index contributed by atoms with van der Waals surface area (Å²) in [4.78, 5) is 4.18. The summed E-state index contributed by atoms with van der Waals surface area (Å²) in [7, 11) is 0. The van der Waals surface area contributed by atoms with Crippen LogP contribution in [0.15, 0.2) is 46.0 Å². The summed E-state index contributed by atoms with van der Waals surface area (Å²) in [5.74, 6) is 2.82. The molecule has 2 aromatic rings. The second-order valence-electron chi connectivity index (χ2n) is 3.22. The standard InChI is InChI=1S/C12H14N2OS/c1-2-16-12-7-6-10(15-12)9-14-11-5-3-4-8-13-11/h3-8H,2,9H2,1H3,(H,13,14). The number of pyridine rings is 1. The molecule has 0 atom stereocenters. The molecule has 0 saturated heterocycles. The molecule has 0 radical (unpaired) electrons. The van der Waals surface area contributed by atoms with E-state index in [0.717, 1.165) is 22.4 Å². The Balaban J connectivity index is 1.89. The molecule has 2 rings (SSSR count). The molecule has 0 spiro atoms. The Labute approximate surface area is 99.3 Å². The van der Waals surface area contributed by atoms with Crippen LogP contribution in [0.1, 0.15) is 12.7 Å². The van der Waals surface area contributed by atoms with Gasteiger partial charge in [0.15, 0.2) is 5.09 Å². The molecule has 4 heteroatoms. The van der Waals surface area contributed by atoms with Gasteiger partial charge in [0.2, 0.25) is 0 Å². The van der Waals surface area contributed by atoms with Crippen LogP contribution < -0.4 is 5.32 Å². The Kier molecular flexibility index (Phi) is 3.88. The molecule has 0 unspecified atom stereocenters. The van der Waals surface area contributed by atoms with Crippen molar-refractivity contribution in [2.75, 3.05) is 11.1 Å². The van der Waals surface area contributed by atoms with Crippen molar-refractivity contribution in [3.8, 4) is 0 Å². The lowest BCUT2D eigenvalue weighted by molar-refractivity contribution is 0.437. The summed E-state index contributed by atoms with van der Waals surface area (Å²) in [6.45, 7) is 2.78. The lowest BCUT2D eigenvalue weighted by Crippen LogP contribution is -1.99. The number of hydrogen-bond donors (Lipinski definition) is 1. The van der Waals surface area contributed by atoms with Gasteiger partial charge in [0.25, 0.3) is 0 Å². The van der Waals surface area contributed by atoms with Crippen LogP contribution in [0.5, 0.6) is 0 Å². The Morgan fingerprint density at radius 2 is 2.25 bits per heavy atom. The summed E-state index contributed by atoms with van der Waals surface area (Å²) in [6.07, 6.45) is 1.77. The van der Waals surface area contributed by atoms with E-state index < -0.39 is 0 Å². The number of hydrogen-bond acceptors (Lipinski definition) is 4. The Morgan fingerprint density at radius 3 is 3.00 bits per heavy atom. The highest BCUT2D eigenvalue weighted by molar-refractivity contribution is 7.99. The van der Waals surface area contributed by atoms with Gasteiger partial charge in [0.1, 0.15) is 11.6 Å². The molecule has 1 N–H and O–H groups in total. The number of rotatable bonds is 5. The summed E-state index contributed by atoms with van der Waals surface area (Å²) in [6, 6.07) is 9.78. The van der Waals surface area contributed by atoms with Crippen molar-refractivity contribution in [2.45, 2.75) is 18.6 Å². The van der Waals surface area contributed by atoms with Crippen LogP contribution in [0.25, 0.3) is 0 Å². The van der Waals surface area contributed by atoms with Gasteiger partial charge in [0, 0.05) is 6.20 Å². The zero-order valence-corrected chi connectivity index (χ0v) is 9.96. The first-order valence-electron chi connectivity index (χ1n) is 5.25. The number of nitrogens with one attached hydrogen (secondary N) is 1. The number of furan rings is 1. The van der Waals surface area contributed by atoms with E-state index in [4.69, 9.17) is 4.42 Å². The van der Waals surface area contributed by atoms with Crippen molar-refractivity contribution in [2.24, 2.45) is 0 Å². The fraction of sp³-hybridized carbons (Fsp3) is 0.250. The van der Waals surface area contributed by atoms with Crippen LogP contribution in [-0.4, -0.2) is 10.7 Å². The minimum Gasteiger partial charge on any atom is -0.453 e. The third-order valence-electron chi connectivity index (χ3n) is 2.03. The zero-order valence-electron chi connectivity index (χ0n) is 9.14. The molecule has 0 saturated carbocycles. The molecular formula is C12H14N2OS. The Hall–Kier alpha value is -1.42. The van der Waals surface area contributed by atoms with Crippen LogP contribution in [0.3, 0.4) is 0 Å². The topological polar surface area (TPSA) is 38.1 Å². The van der Waals surface area contributed by atoms with E-state index in [1.54, 1.807) is 18.0 Å². The van der Waals surface area contributed by atoms with E-state index in [1.165, 1.54) is 0 Å². The molecule has 0 aromatic carbocycles. The van der Waals surface area contributed by atoms with E-state index in [9.17, 15) is 0 Å². The van der Waals surface area contributed by atoms with E-state index in [-0.39, 0.29) is 0 Å². The van der Waals surface area contributed by atoms with Gasteiger partial charge in [-0.2, -0.15) is 0 Å². The molecular weight excluding hydrogens is 220 g/mol. The van der Waals surface area contributed by atoms with Crippen molar-refractivity contribution in [1.82, 2.24) is 4.98 Å². The largest absolute Gasteiger partial charge is 0.453 e. The van der Waals surface area contributed by atoms with Crippen molar-refractivity contribution in [3.63, 3.8) is 0 Å². The fourth-order valence-electron chi connectivity index (χ4n) is 1.32. The predicted molar refractivity (Wildman–Crippen MR) is 66.7 cm³/mol. The molecule has 0 aliphatic rings. The lowest BCUT2D eigenvalue weighted by Gasteiger charge is -2.01. The monoisotopic (exact) mass is 234 g/mol. The third kappa shape index (κ3) is 3.03. The van der Waals surface area contributed by atoms with E-state index in [2.05, 4.69) is 17.2 Å². The highest BCUT2D eigenvalue weighted by Crippen LogP contribution is 2.20. The van der Waals surface area contributed by atoms with Crippen molar-refractivity contribution in [3.05, 3.63) is 42.3 Å². The molecule has 16 heavy (non-hydrogen) atoms. The Morgan fingerprint density at radius 1 is 1.31 bits per heavy atom. The van der Waals surface area contributed by atoms with Gasteiger partial charge in [-0.05, 0) is 30.0 Å². The van der Waals surface area contributed by atoms with E-state index in [1.807, 2.05) is 30.3 Å². The normalized spacial score (nSPS) is 10.3. The van der Waals surface area contributed by atoms with Crippen LogP contribution in [0, 0.1) is 0 Å². The predicted octanol–water partition coefficient (Wildman–Crippen LogP) is 3.40. The minimum atomic E-state index is 0.668. The van der Waals surface area contributed by atoms with Gasteiger partial charge in [-0.3, -0.25) is 0 Å². The number of anilines is 1. The lowest BCUT2D eigenvalue weighted by atomic mass is 10.4. The molecule has 0 aliphatic carbocycles. The van der Waals surface area contributed by atoms with Gasteiger partial charge in [-0.25, -0.2) is 4.98 Å². The molecule has 84 valence electrons. The van der Waals surface area contributed by atoms with Crippen LogP contribution in [-0.2, 0) is 6.54 Å². The van der Waals surface area contributed by atoms with Crippen molar-refractivity contribution in [1.29, 1.82) is 0 Å². The molecule has 0 fully saturated rings. The van der Waals surface area contributed by atoms with Crippen LogP contribution in [0.4, 0.5) is 5.82 Å². The van der Waals surface area contributed by atoms with E-state index in [0.29, 0.717) is 6.54 Å².